The summed E-state index contributed by atoms with van der Waals surface area (Å²) in [5, 5.41) is 0. The Hall–Kier alpha value is -1.34. The molecule has 7 heteroatoms. The van der Waals surface area contributed by atoms with Crippen molar-refractivity contribution in [2.45, 2.75) is 38.1 Å². The number of halogens is 3. The summed E-state index contributed by atoms with van der Waals surface area (Å²) >= 11 is 0. The number of piperidine rings is 1. The average molecular weight is 329 g/mol. The Bertz CT molecular complexity index is 530. The van der Waals surface area contributed by atoms with Crippen LogP contribution in [0.1, 0.15) is 25.3 Å². The molecular formula is C16H22F3N3O. The molecule has 2 aliphatic heterocycles. The van der Waals surface area contributed by atoms with Gasteiger partial charge in [0.05, 0.1) is 18.3 Å². The number of morpholine rings is 1. The summed E-state index contributed by atoms with van der Waals surface area (Å²) in [4.78, 5) is 8.52. The minimum Gasteiger partial charge on any atom is -0.376 e. The molecule has 3 heterocycles. The number of pyridine rings is 1. The molecule has 1 aromatic heterocycles. The minimum atomic E-state index is -4.32. The number of hydrogen-bond donors (Lipinski definition) is 0. The summed E-state index contributed by atoms with van der Waals surface area (Å²) in [6, 6.07) is 2.66. The molecule has 0 aromatic carbocycles. The van der Waals surface area contributed by atoms with Gasteiger partial charge in [0.2, 0.25) is 0 Å². The highest BCUT2D eigenvalue weighted by Gasteiger charge is 2.32. The predicted octanol–water partition coefficient (Wildman–Crippen LogP) is 2.79. The van der Waals surface area contributed by atoms with Crippen LogP contribution in [-0.4, -0.2) is 54.8 Å². The van der Waals surface area contributed by atoms with Crippen LogP contribution in [0.5, 0.6) is 0 Å². The molecule has 0 saturated carbocycles. The average Bonchev–Trinajstić information content (AvgIpc) is 2.54. The molecular weight excluding hydrogens is 307 g/mol. The van der Waals surface area contributed by atoms with Gasteiger partial charge in [0, 0.05) is 38.4 Å². The molecule has 0 radical (unpaired) electrons. The van der Waals surface area contributed by atoms with E-state index >= 15 is 0 Å². The van der Waals surface area contributed by atoms with E-state index < -0.39 is 11.7 Å². The van der Waals surface area contributed by atoms with Gasteiger partial charge in [-0.1, -0.05) is 0 Å². The lowest BCUT2D eigenvalue weighted by atomic mass is 10.0. The van der Waals surface area contributed by atoms with Gasteiger partial charge in [-0.3, -0.25) is 4.90 Å². The van der Waals surface area contributed by atoms with Crippen molar-refractivity contribution >= 4 is 5.82 Å². The van der Waals surface area contributed by atoms with Crippen molar-refractivity contribution in [3.05, 3.63) is 23.9 Å². The molecule has 1 atom stereocenters. The molecule has 1 unspecified atom stereocenters. The van der Waals surface area contributed by atoms with Gasteiger partial charge in [-0.15, -0.1) is 0 Å². The van der Waals surface area contributed by atoms with Crippen LogP contribution in [0.2, 0.25) is 0 Å². The van der Waals surface area contributed by atoms with E-state index in [1.54, 1.807) is 0 Å². The maximum atomic E-state index is 12.8. The predicted molar refractivity (Wildman–Crippen MR) is 81.5 cm³/mol. The first kappa shape index (κ1) is 16.5. The van der Waals surface area contributed by atoms with Gasteiger partial charge >= 0.3 is 6.18 Å². The van der Waals surface area contributed by atoms with E-state index in [0.717, 1.165) is 57.8 Å². The van der Waals surface area contributed by atoms with Gasteiger partial charge in [0.25, 0.3) is 0 Å². The lowest BCUT2D eigenvalue weighted by Crippen LogP contribution is -2.51. The van der Waals surface area contributed by atoms with E-state index in [1.165, 1.54) is 6.20 Å². The highest BCUT2D eigenvalue weighted by Crippen LogP contribution is 2.31. The van der Waals surface area contributed by atoms with Crippen molar-refractivity contribution in [1.82, 2.24) is 9.88 Å². The monoisotopic (exact) mass is 329 g/mol. The lowest BCUT2D eigenvalue weighted by molar-refractivity contribution is -0.137. The third-order valence-electron chi connectivity index (χ3n) is 4.65. The fraction of sp³-hybridized carbons (Fsp3) is 0.688. The summed E-state index contributed by atoms with van der Waals surface area (Å²) in [5.74, 6) is 0.425. The summed E-state index contributed by atoms with van der Waals surface area (Å²) in [5.41, 5.74) is -0.633. The quantitative estimate of drug-likeness (QED) is 0.834. The van der Waals surface area contributed by atoms with Crippen LogP contribution in [0.3, 0.4) is 0 Å². The fourth-order valence-corrected chi connectivity index (χ4v) is 3.40. The Labute approximate surface area is 134 Å². The second kappa shape index (κ2) is 6.65. The molecule has 0 amide bonds. The van der Waals surface area contributed by atoms with Crippen molar-refractivity contribution in [3.63, 3.8) is 0 Å². The molecule has 2 saturated heterocycles. The number of hydrogen-bond acceptors (Lipinski definition) is 4. The van der Waals surface area contributed by atoms with Crippen LogP contribution >= 0.6 is 0 Å². The van der Waals surface area contributed by atoms with E-state index in [2.05, 4.69) is 16.8 Å². The molecule has 0 N–H and O–H groups in total. The van der Waals surface area contributed by atoms with Crippen LogP contribution in [0.25, 0.3) is 0 Å². The second-order valence-electron chi connectivity index (χ2n) is 6.30. The number of aromatic nitrogens is 1. The maximum Gasteiger partial charge on any atom is 0.416 e. The molecule has 4 nitrogen and oxygen atoms in total. The SMILES string of the molecule is CC1CN(C2CCN(c3cc(C(F)(F)F)ccn3)CC2)CCO1. The zero-order chi connectivity index (χ0) is 16.4. The van der Waals surface area contributed by atoms with Crippen molar-refractivity contribution in [2.24, 2.45) is 0 Å². The molecule has 0 aliphatic carbocycles. The maximum absolute atomic E-state index is 12.8. The van der Waals surface area contributed by atoms with Crippen molar-refractivity contribution < 1.29 is 17.9 Å². The van der Waals surface area contributed by atoms with Gasteiger partial charge in [0.15, 0.2) is 0 Å². The third kappa shape index (κ3) is 3.95. The first-order valence-electron chi connectivity index (χ1n) is 8.07. The van der Waals surface area contributed by atoms with Gasteiger partial charge < -0.3 is 9.64 Å². The highest BCUT2D eigenvalue weighted by molar-refractivity contribution is 5.42. The number of ether oxygens (including phenoxy) is 1. The Balaban J connectivity index is 1.61. The van der Waals surface area contributed by atoms with Crippen LogP contribution in [0.4, 0.5) is 19.0 Å². The van der Waals surface area contributed by atoms with Crippen LogP contribution in [-0.2, 0) is 10.9 Å². The third-order valence-corrected chi connectivity index (χ3v) is 4.65. The van der Waals surface area contributed by atoms with Crippen molar-refractivity contribution in [2.75, 3.05) is 37.7 Å². The smallest absolute Gasteiger partial charge is 0.376 e. The zero-order valence-corrected chi connectivity index (χ0v) is 13.2. The van der Waals surface area contributed by atoms with Crippen LogP contribution in [0.15, 0.2) is 18.3 Å². The highest BCUT2D eigenvalue weighted by atomic mass is 19.4. The molecule has 2 fully saturated rings. The van der Waals surface area contributed by atoms with E-state index in [0.29, 0.717) is 11.9 Å². The Kier molecular flexibility index (Phi) is 4.77. The first-order chi connectivity index (χ1) is 10.9. The van der Waals surface area contributed by atoms with Crippen molar-refractivity contribution in [3.8, 4) is 0 Å². The van der Waals surface area contributed by atoms with Crippen LogP contribution in [0, 0.1) is 0 Å². The summed E-state index contributed by atoms with van der Waals surface area (Å²) in [6.45, 7) is 6.20. The van der Waals surface area contributed by atoms with Crippen molar-refractivity contribution in [1.29, 1.82) is 0 Å². The molecule has 3 rings (SSSR count). The lowest BCUT2D eigenvalue weighted by Gasteiger charge is -2.42. The van der Waals surface area contributed by atoms with E-state index in [9.17, 15) is 13.2 Å². The topological polar surface area (TPSA) is 28.6 Å². The standard InChI is InChI=1S/C16H22F3N3O/c1-12-11-22(8-9-23-12)14-3-6-21(7-4-14)15-10-13(2-5-20-15)16(17,18)19/h2,5,10,12,14H,3-4,6-9,11H2,1H3. The van der Waals surface area contributed by atoms with Crippen LogP contribution < -0.4 is 4.90 Å². The number of rotatable bonds is 2. The second-order valence-corrected chi connectivity index (χ2v) is 6.30. The molecule has 2 aliphatic rings. The summed E-state index contributed by atoms with van der Waals surface area (Å²) in [7, 11) is 0. The largest absolute Gasteiger partial charge is 0.416 e. The number of nitrogens with zero attached hydrogens (tertiary/aromatic N) is 3. The van der Waals surface area contributed by atoms with E-state index in [-0.39, 0.29) is 6.10 Å². The van der Waals surface area contributed by atoms with E-state index in [1.807, 2.05) is 4.90 Å². The molecule has 0 bridgehead atoms. The van der Waals surface area contributed by atoms with Gasteiger partial charge in [-0.05, 0) is 31.9 Å². The summed E-state index contributed by atoms with van der Waals surface area (Å²) in [6.07, 6.45) is -0.921. The molecule has 23 heavy (non-hydrogen) atoms. The molecule has 1 aromatic rings. The van der Waals surface area contributed by atoms with Gasteiger partial charge in [-0.2, -0.15) is 13.2 Å². The number of anilines is 1. The molecule has 128 valence electrons. The van der Waals surface area contributed by atoms with Gasteiger partial charge in [-0.25, -0.2) is 4.98 Å². The minimum absolute atomic E-state index is 0.256. The fourth-order valence-electron chi connectivity index (χ4n) is 3.40. The molecule has 0 spiro atoms. The van der Waals surface area contributed by atoms with Gasteiger partial charge in [0.1, 0.15) is 5.82 Å². The number of alkyl halides is 3. The first-order valence-corrected chi connectivity index (χ1v) is 8.07. The normalized spacial score (nSPS) is 24.9. The summed E-state index contributed by atoms with van der Waals surface area (Å²) < 4.78 is 44.0. The van der Waals surface area contributed by atoms with E-state index in [4.69, 9.17) is 4.74 Å². The Morgan fingerprint density at radius 1 is 1.22 bits per heavy atom. The Morgan fingerprint density at radius 2 is 1.96 bits per heavy atom. The Morgan fingerprint density at radius 3 is 2.61 bits per heavy atom. The zero-order valence-electron chi connectivity index (χ0n) is 13.2.